The lowest BCUT2D eigenvalue weighted by molar-refractivity contribution is -0.103. The fourth-order valence-corrected chi connectivity index (χ4v) is 1.62. The van der Waals surface area contributed by atoms with E-state index in [1.54, 1.807) is 19.2 Å². The summed E-state index contributed by atoms with van der Waals surface area (Å²) in [6.45, 7) is 4.76. The highest BCUT2D eigenvalue weighted by molar-refractivity contribution is 5.46. The van der Waals surface area contributed by atoms with Crippen LogP contribution in [0.25, 0.3) is 6.08 Å². The van der Waals surface area contributed by atoms with Gasteiger partial charge in [-0.3, -0.25) is 9.36 Å². The van der Waals surface area contributed by atoms with Gasteiger partial charge in [0.2, 0.25) is 0 Å². The van der Waals surface area contributed by atoms with Crippen molar-refractivity contribution >= 4 is 6.08 Å². The summed E-state index contributed by atoms with van der Waals surface area (Å²) in [5.41, 5.74) is -0.284. The number of hydrogen-bond acceptors (Lipinski definition) is 4. The topological polar surface area (TPSA) is 62.5 Å². The third-order valence-electron chi connectivity index (χ3n) is 2.57. The lowest BCUT2D eigenvalue weighted by atomic mass is 10.3. The minimum absolute atomic E-state index is 0.342. The predicted molar refractivity (Wildman–Crippen MR) is 73.0 cm³/mol. The molecule has 1 aromatic heterocycles. The van der Waals surface area contributed by atoms with Gasteiger partial charge >= 0.3 is 5.69 Å². The minimum Gasteiger partial charge on any atom is -0.349 e. The molecule has 0 fully saturated rings. The number of nitrogens with zero attached hydrogens (tertiary/aromatic N) is 2. The van der Waals surface area contributed by atoms with Crippen molar-refractivity contribution in [2.24, 2.45) is 14.1 Å². The van der Waals surface area contributed by atoms with Crippen molar-refractivity contribution in [2.75, 3.05) is 13.2 Å². The van der Waals surface area contributed by atoms with Gasteiger partial charge in [0, 0.05) is 33.5 Å². The van der Waals surface area contributed by atoms with E-state index in [0.29, 0.717) is 18.8 Å². The van der Waals surface area contributed by atoms with Crippen LogP contribution in [0.3, 0.4) is 0 Å². The van der Waals surface area contributed by atoms with Gasteiger partial charge in [0.05, 0.1) is 5.56 Å². The fraction of sp³-hybridized carbons (Fsp3) is 0.538. The Morgan fingerprint density at radius 2 is 1.79 bits per heavy atom. The van der Waals surface area contributed by atoms with Crippen LogP contribution in [0.2, 0.25) is 0 Å². The molecule has 6 nitrogen and oxygen atoms in total. The van der Waals surface area contributed by atoms with E-state index in [9.17, 15) is 9.59 Å². The first kappa shape index (κ1) is 15.4. The van der Waals surface area contributed by atoms with E-state index in [2.05, 4.69) is 0 Å². The van der Waals surface area contributed by atoms with E-state index in [4.69, 9.17) is 9.47 Å². The SMILES string of the molecule is CCOC(/C=C/c1cn(C)c(=O)n(C)c1=O)OCC. The van der Waals surface area contributed by atoms with Crippen LogP contribution in [-0.2, 0) is 23.6 Å². The third kappa shape index (κ3) is 3.90. The summed E-state index contributed by atoms with van der Waals surface area (Å²) < 4.78 is 13.1. The van der Waals surface area contributed by atoms with Crippen molar-refractivity contribution in [1.29, 1.82) is 0 Å². The van der Waals surface area contributed by atoms with Gasteiger partial charge in [-0.15, -0.1) is 0 Å². The molecule has 1 rings (SSSR count). The predicted octanol–water partition coefficient (Wildman–Crippen LogP) is 0.496. The zero-order valence-corrected chi connectivity index (χ0v) is 11.8. The van der Waals surface area contributed by atoms with Crippen molar-refractivity contribution in [2.45, 2.75) is 20.1 Å². The normalized spacial score (nSPS) is 11.6. The molecule has 0 saturated heterocycles. The summed E-state index contributed by atoms with van der Waals surface area (Å²) in [5, 5.41) is 0. The maximum Gasteiger partial charge on any atom is 0.330 e. The van der Waals surface area contributed by atoms with Crippen LogP contribution in [0.4, 0.5) is 0 Å². The van der Waals surface area contributed by atoms with Crippen molar-refractivity contribution in [3.8, 4) is 0 Å². The average Bonchev–Trinajstić information content (AvgIpc) is 2.39. The second-order valence-electron chi connectivity index (χ2n) is 3.98. The molecular weight excluding hydrogens is 248 g/mol. The molecular formula is C13H20N2O4. The fourth-order valence-electron chi connectivity index (χ4n) is 1.62. The summed E-state index contributed by atoms with van der Waals surface area (Å²) in [4.78, 5) is 23.4. The number of ether oxygens (including phenoxy) is 2. The summed E-state index contributed by atoms with van der Waals surface area (Å²) in [5.74, 6) is 0. The zero-order chi connectivity index (χ0) is 14.4. The first-order chi connectivity index (χ1) is 9.01. The minimum atomic E-state index is -0.489. The molecule has 0 unspecified atom stereocenters. The van der Waals surface area contributed by atoms with Gasteiger partial charge in [0.1, 0.15) is 0 Å². The molecule has 1 heterocycles. The number of rotatable bonds is 6. The van der Waals surface area contributed by atoms with E-state index in [0.717, 1.165) is 4.57 Å². The van der Waals surface area contributed by atoms with Crippen LogP contribution >= 0.6 is 0 Å². The molecule has 0 N–H and O–H groups in total. The van der Waals surface area contributed by atoms with E-state index < -0.39 is 6.29 Å². The number of hydrogen-bond donors (Lipinski definition) is 0. The Kier molecular flexibility index (Phi) is 5.72. The van der Waals surface area contributed by atoms with Gasteiger partial charge in [-0.2, -0.15) is 0 Å². The lowest BCUT2D eigenvalue weighted by Crippen LogP contribution is -2.37. The van der Waals surface area contributed by atoms with Crippen molar-refractivity contribution in [3.05, 3.63) is 38.7 Å². The molecule has 0 aliphatic carbocycles. The van der Waals surface area contributed by atoms with Gasteiger partial charge in [-0.25, -0.2) is 4.79 Å². The van der Waals surface area contributed by atoms with E-state index in [1.807, 2.05) is 13.8 Å². The Morgan fingerprint density at radius 1 is 1.21 bits per heavy atom. The standard InChI is InChI=1S/C13H20N2O4/c1-5-18-11(19-6-2)8-7-10-9-14(3)13(17)15(4)12(10)16/h7-9,11H,5-6H2,1-4H3/b8-7+. The van der Waals surface area contributed by atoms with Crippen molar-refractivity contribution < 1.29 is 9.47 Å². The van der Waals surface area contributed by atoms with Gasteiger partial charge in [0.25, 0.3) is 5.56 Å². The van der Waals surface area contributed by atoms with E-state index >= 15 is 0 Å². The Hall–Kier alpha value is -1.66. The highest BCUT2D eigenvalue weighted by Crippen LogP contribution is 2.01. The molecule has 0 aromatic carbocycles. The summed E-state index contributed by atoms with van der Waals surface area (Å²) in [6, 6.07) is 0. The monoisotopic (exact) mass is 268 g/mol. The molecule has 19 heavy (non-hydrogen) atoms. The molecule has 1 aromatic rings. The van der Waals surface area contributed by atoms with E-state index in [1.165, 1.54) is 17.8 Å². The zero-order valence-electron chi connectivity index (χ0n) is 11.8. The summed E-state index contributed by atoms with van der Waals surface area (Å²) in [6.07, 6.45) is 4.28. The first-order valence-electron chi connectivity index (χ1n) is 6.19. The maximum atomic E-state index is 11.9. The highest BCUT2D eigenvalue weighted by atomic mass is 16.7. The third-order valence-corrected chi connectivity index (χ3v) is 2.57. The van der Waals surface area contributed by atoms with Crippen LogP contribution < -0.4 is 11.2 Å². The van der Waals surface area contributed by atoms with Crippen LogP contribution in [0.15, 0.2) is 21.9 Å². The summed E-state index contributed by atoms with van der Waals surface area (Å²) in [7, 11) is 3.05. The average molecular weight is 268 g/mol. The van der Waals surface area contributed by atoms with Crippen molar-refractivity contribution in [3.63, 3.8) is 0 Å². The maximum absolute atomic E-state index is 11.9. The van der Waals surface area contributed by atoms with Crippen LogP contribution in [0.5, 0.6) is 0 Å². The highest BCUT2D eigenvalue weighted by Gasteiger charge is 2.06. The van der Waals surface area contributed by atoms with Gasteiger partial charge in [0.15, 0.2) is 6.29 Å². The Morgan fingerprint density at radius 3 is 2.32 bits per heavy atom. The Labute approximate surface area is 111 Å². The molecule has 0 radical (unpaired) electrons. The molecule has 0 amide bonds. The second-order valence-corrected chi connectivity index (χ2v) is 3.98. The van der Waals surface area contributed by atoms with Gasteiger partial charge < -0.3 is 14.0 Å². The largest absolute Gasteiger partial charge is 0.349 e. The molecule has 0 spiro atoms. The van der Waals surface area contributed by atoms with Gasteiger partial charge in [-0.1, -0.05) is 0 Å². The Bertz CT molecular complexity index is 551. The molecule has 0 bridgehead atoms. The number of aromatic nitrogens is 2. The molecule has 6 heteroatoms. The molecule has 0 aliphatic heterocycles. The molecule has 106 valence electrons. The molecule has 0 atom stereocenters. The van der Waals surface area contributed by atoms with Crippen LogP contribution in [0, 0.1) is 0 Å². The molecule has 0 aliphatic rings. The van der Waals surface area contributed by atoms with E-state index in [-0.39, 0.29) is 11.2 Å². The van der Waals surface area contributed by atoms with Crippen LogP contribution in [0.1, 0.15) is 19.4 Å². The first-order valence-corrected chi connectivity index (χ1v) is 6.19. The van der Waals surface area contributed by atoms with Crippen molar-refractivity contribution in [1.82, 2.24) is 9.13 Å². The second kappa shape index (κ2) is 7.06. The smallest absolute Gasteiger partial charge is 0.330 e. The lowest BCUT2D eigenvalue weighted by Gasteiger charge is -2.12. The number of aryl methyl sites for hydroxylation is 1. The summed E-state index contributed by atoms with van der Waals surface area (Å²) >= 11 is 0. The van der Waals surface area contributed by atoms with Gasteiger partial charge in [-0.05, 0) is 26.0 Å². The van der Waals surface area contributed by atoms with Crippen LogP contribution in [-0.4, -0.2) is 28.6 Å². The molecule has 0 saturated carbocycles. The Balaban J connectivity index is 3.05. The quantitative estimate of drug-likeness (QED) is 0.705.